The standard InChI is InChI=1S/C30H35N3O5S/c1-5-31-30(36)28(18-24-10-7-6-8-11-24)32(20-25-16-14-22(2)15-17-25)29(35)21-33(39(4,37)38)27-13-9-12-26(19-27)23(3)34/h6-17,19,28H,5,18,20-21H2,1-4H3,(H,31,36)/t28-/m0/s1. The van der Waals surface area contributed by atoms with Gasteiger partial charge in [0.15, 0.2) is 5.78 Å². The number of carbonyl (C=O) groups is 3. The van der Waals surface area contributed by atoms with Crippen molar-refractivity contribution in [2.75, 3.05) is 23.7 Å². The number of hydrogen-bond donors (Lipinski definition) is 1. The maximum atomic E-state index is 14.0. The molecule has 0 saturated carbocycles. The molecule has 206 valence electrons. The number of likely N-dealkylation sites (N-methyl/N-ethyl adjacent to an activating group) is 1. The molecule has 8 nitrogen and oxygen atoms in total. The zero-order valence-corrected chi connectivity index (χ0v) is 23.6. The van der Waals surface area contributed by atoms with E-state index in [0.717, 1.165) is 27.3 Å². The molecule has 2 amide bonds. The number of anilines is 1. The minimum Gasteiger partial charge on any atom is -0.355 e. The van der Waals surface area contributed by atoms with Gasteiger partial charge in [-0.05, 0) is 44.0 Å². The van der Waals surface area contributed by atoms with Crippen molar-refractivity contribution in [1.82, 2.24) is 10.2 Å². The molecule has 1 atom stereocenters. The Bertz CT molecular complexity index is 1410. The van der Waals surface area contributed by atoms with E-state index in [9.17, 15) is 22.8 Å². The summed E-state index contributed by atoms with van der Waals surface area (Å²) >= 11 is 0. The van der Waals surface area contributed by atoms with Crippen LogP contribution in [0.25, 0.3) is 0 Å². The highest BCUT2D eigenvalue weighted by atomic mass is 32.2. The lowest BCUT2D eigenvalue weighted by molar-refractivity contribution is -0.140. The number of sulfonamides is 1. The van der Waals surface area contributed by atoms with Gasteiger partial charge in [0.05, 0.1) is 11.9 Å². The molecule has 0 aliphatic carbocycles. The van der Waals surface area contributed by atoms with Crippen LogP contribution in [0.3, 0.4) is 0 Å². The van der Waals surface area contributed by atoms with Crippen molar-refractivity contribution in [1.29, 1.82) is 0 Å². The molecule has 3 aromatic rings. The van der Waals surface area contributed by atoms with Crippen LogP contribution in [0, 0.1) is 6.92 Å². The summed E-state index contributed by atoms with van der Waals surface area (Å²) in [6.07, 6.45) is 1.26. The van der Waals surface area contributed by atoms with E-state index >= 15 is 0 Å². The first kappa shape index (κ1) is 29.6. The number of ketones is 1. The smallest absolute Gasteiger partial charge is 0.244 e. The van der Waals surface area contributed by atoms with Crippen LogP contribution >= 0.6 is 0 Å². The van der Waals surface area contributed by atoms with Crippen molar-refractivity contribution < 1.29 is 22.8 Å². The number of aryl methyl sites for hydroxylation is 1. The molecule has 0 fully saturated rings. The quantitative estimate of drug-likeness (QED) is 0.347. The molecule has 39 heavy (non-hydrogen) atoms. The topological polar surface area (TPSA) is 104 Å². The molecule has 0 saturated heterocycles. The zero-order valence-electron chi connectivity index (χ0n) is 22.8. The summed E-state index contributed by atoms with van der Waals surface area (Å²) in [5.74, 6) is -1.09. The van der Waals surface area contributed by atoms with Crippen LogP contribution in [-0.4, -0.2) is 56.3 Å². The van der Waals surface area contributed by atoms with Crippen molar-refractivity contribution in [2.45, 2.75) is 39.8 Å². The molecule has 0 radical (unpaired) electrons. The minimum absolute atomic E-state index is 0.110. The van der Waals surface area contributed by atoms with Crippen LogP contribution in [0.5, 0.6) is 0 Å². The normalized spacial score (nSPS) is 11.9. The van der Waals surface area contributed by atoms with Crippen molar-refractivity contribution >= 4 is 33.3 Å². The fourth-order valence-corrected chi connectivity index (χ4v) is 5.07. The molecule has 1 N–H and O–H groups in total. The van der Waals surface area contributed by atoms with Crippen LogP contribution in [0.2, 0.25) is 0 Å². The molecular weight excluding hydrogens is 514 g/mol. The Hall–Kier alpha value is -3.98. The van der Waals surface area contributed by atoms with Crippen molar-refractivity contribution in [3.63, 3.8) is 0 Å². The van der Waals surface area contributed by atoms with Gasteiger partial charge in [-0.1, -0.05) is 72.3 Å². The molecule has 0 spiro atoms. The minimum atomic E-state index is -3.91. The molecule has 0 aliphatic rings. The summed E-state index contributed by atoms with van der Waals surface area (Å²) in [6.45, 7) is 5.11. The fourth-order valence-electron chi connectivity index (χ4n) is 4.23. The van der Waals surface area contributed by atoms with Gasteiger partial charge in [-0.25, -0.2) is 8.42 Å². The lowest BCUT2D eigenvalue weighted by atomic mass is 10.0. The SMILES string of the molecule is CCNC(=O)[C@H](Cc1ccccc1)N(Cc1ccc(C)cc1)C(=O)CN(c1cccc(C(C)=O)c1)S(C)(=O)=O. The van der Waals surface area contributed by atoms with E-state index in [1.807, 2.05) is 61.5 Å². The summed E-state index contributed by atoms with van der Waals surface area (Å²) in [5, 5.41) is 2.83. The number of rotatable bonds is 12. The van der Waals surface area contributed by atoms with Crippen molar-refractivity contribution in [3.05, 3.63) is 101 Å². The maximum absolute atomic E-state index is 14.0. The van der Waals surface area contributed by atoms with E-state index in [-0.39, 0.29) is 30.3 Å². The average Bonchev–Trinajstić information content (AvgIpc) is 2.90. The van der Waals surface area contributed by atoms with Gasteiger partial charge in [0, 0.05) is 25.1 Å². The van der Waals surface area contributed by atoms with Gasteiger partial charge < -0.3 is 10.2 Å². The predicted molar refractivity (Wildman–Crippen MR) is 153 cm³/mol. The number of amides is 2. The number of nitrogens with zero attached hydrogens (tertiary/aromatic N) is 2. The third-order valence-electron chi connectivity index (χ3n) is 6.32. The lowest BCUT2D eigenvalue weighted by Crippen LogP contribution is -2.53. The third-order valence-corrected chi connectivity index (χ3v) is 7.46. The van der Waals surface area contributed by atoms with E-state index < -0.39 is 28.5 Å². The van der Waals surface area contributed by atoms with Gasteiger partial charge in [-0.3, -0.25) is 18.7 Å². The molecule has 0 heterocycles. The Morgan fingerprint density at radius 1 is 0.897 bits per heavy atom. The Kier molecular flexibility index (Phi) is 10.0. The highest BCUT2D eigenvalue weighted by molar-refractivity contribution is 7.92. The first-order chi connectivity index (χ1) is 18.5. The van der Waals surface area contributed by atoms with Crippen LogP contribution < -0.4 is 9.62 Å². The van der Waals surface area contributed by atoms with Crippen LogP contribution in [0.15, 0.2) is 78.9 Å². The van der Waals surface area contributed by atoms with Gasteiger partial charge in [0.2, 0.25) is 21.8 Å². The maximum Gasteiger partial charge on any atom is 0.244 e. The Morgan fingerprint density at radius 3 is 2.15 bits per heavy atom. The number of nitrogens with one attached hydrogen (secondary N) is 1. The summed E-state index contributed by atoms with van der Waals surface area (Å²) in [6, 6.07) is 22.3. The van der Waals surface area contributed by atoms with Gasteiger partial charge >= 0.3 is 0 Å². The zero-order chi connectivity index (χ0) is 28.6. The van der Waals surface area contributed by atoms with Crippen LogP contribution in [0.1, 0.15) is 40.9 Å². The molecule has 0 bridgehead atoms. The second-order valence-electron chi connectivity index (χ2n) is 9.48. The summed E-state index contributed by atoms with van der Waals surface area (Å²) < 4.78 is 26.7. The highest BCUT2D eigenvalue weighted by Crippen LogP contribution is 2.22. The first-order valence-electron chi connectivity index (χ1n) is 12.7. The Balaban J connectivity index is 2.05. The largest absolute Gasteiger partial charge is 0.355 e. The number of hydrogen-bond acceptors (Lipinski definition) is 5. The number of benzene rings is 3. The highest BCUT2D eigenvalue weighted by Gasteiger charge is 2.33. The Morgan fingerprint density at radius 2 is 1.56 bits per heavy atom. The van der Waals surface area contributed by atoms with Crippen LogP contribution in [0.4, 0.5) is 5.69 Å². The first-order valence-corrected chi connectivity index (χ1v) is 14.6. The summed E-state index contributed by atoms with van der Waals surface area (Å²) in [5.41, 5.74) is 3.25. The summed E-state index contributed by atoms with van der Waals surface area (Å²) in [7, 11) is -3.91. The molecule has 3 aromatic carbocycles. The molecule has 3 rings (SSSR count). The molecule has 0 aliphatic heterocycles. The Labute approximate surface area is 230 Å². The van der Waals surface area contributed by atoms with Crippen molar-refractivity contribution in [3.8, 4) is 0 Å². The molecule has 0 unspecified atom stereocenters. The van der Waals surface area contributed by atoms with Gasteiger partial charge in [-0.15, -0.1) is 0 Å². The lowest BCUT2D eigenvalue weighted by Gasteiger charge is -2.33. The van der Waals surface area contributed by atoms with Crippen molar-refractivity contribution in [2.24, 2.45) is 0 Å². The van der Waals surface area contributed by atoms with E-state index in [0.29, 0.717) is 12.1 Å². The molecule has 9 heteroatoms. The summed E-state index contributed by atoms with van der Waals surface area (Å²) in [4.78, 5) is 40.7. The van der Waals surface area contributed by atoms with E-state index in [1.54, 1.807) is 19.1 Å². The van der Waals surface area contributed by atoms with E-state index in [2.05, 4.69) is 5.32 Å². The van der Waals surface area contributed by atoms with E-state index in [1.165, 1.54) is 24.0 Å². The predicted octanol–water partition coefficient (Wildman–Crippen LogP) is 3.74. The van der Waals surface area contributed by atoms with Gasteiger partial charge in [-0.2, -0.15) is 0 Å². The van der Waals surface area contributed by atoms with Crippen LogP contribution in [-0.2, 0) is 32.6 Å². The van der Waals surface area contributed by atoms with Gasteiger partial charge in [0.1, 0.15) is 12.6 Å². The molecule has 0 aromatic heterocycles. The second-order valence-corrected chi connectivity index (χ2v) is 11.4. The van der Waals surface area contributed by atoms with E-state index in [4.69, 9.17) is 0 Å². The third kappa shape index (κ3) is 8.25. The number of carbonyl (C=O) groups excluding carboxylic acids is 3. The monoisotopic (exact) mass is 549 g/mol. The number of Topliss-reactive ketones (excluding diaryl/α,β-unsaturated/α-hetero) is 1. The fraction of sp³-hybridized carbons (Fsp3) is 0.300. The molecular formula is C30H35N3O5S. The second kappa shape index (κ2) is 13.2. The average molecular weight is 550 g/mol. The van der Waals surface area contributed by atoms with Gasteiger partial charge in [0.25, 0.3) is 0 Å².